The molecule has 3 rings (SSSR count). The van der Waals surface area contributed by atoms with Gasteiger partial charge in [0, 0.05) is 18.4 Å². The molecule has 0 unspecified atom stereocenters. The van der Waals surface area contributed by atoms with Gasteiger partial charge in [-0.3, -0.25) is 0 Å². The van der Waals surface area contributed by atoms with E-state index in [1.807, 2.05) is 7.11 Å². The van der Waals surface area contributed by atoms with Crippen LogP contribution in [0.4, 0.5) is 0 Å². The summed E-state index contributed by atoms with van der Waals surface area (Å²) in [5.41, 5.74) is 2.71. The molecule has 0 atom stereocenters. The average molecular weight is 306 g/mol. The first-order chi connectivity index (χ1) is 9.96. The van der Waals surface area contributed by atoms with Gasteiger partial charge >= 0.3 is 0 Å². The smallest absolute Gasteiger partial charge is 0.140 e. The van der Waals surface area contributed by atoms with Crippen molar-refractivity contribution in [3.63, 3.8) is 0 Å². The highest BCUT2D eigenvalue weighted by atomic mass is 32.1. The summed E-state index contributed by atoms with van der Waals surface area (Å²) in [7, 11) is 1.82. The van der Waals surface area contributed by atoms with E-state index in [4.69, 9.17) is 21.9 Å². The summed E-state index contributed by atoms with van der Waals surface area (Å²) in [4.78, 5) is 8.33. The maximum Gasteiger partial charge on any atom is 0.140 e. The lowest BCUT2D eigenvalue weighted by Gasteiger charge is -2.42. The molecule has 2 aliphatic carbocycles. The highest BCUT2D eigenvalue weighted by molar-refractivity contribution is 7.71. The highest BCUT2D eigenvalue weighted by Gasteiger charge is 2.42. The van der Waals surface area contributed by atoms with E-state index in [2.05, 4.69) is 18.8 Å². The molecule has 0 saturated heterocycles. The highest BCUT2D eigenvalue weighted by Crippen LogP contribution is 2.46. The Kier molecular flexibility index (Phi) is 3.95. The fourth-order valence-electron chi connectivity index (χ4n) is 3.70. The van der Waals surface area contributed by atoms with Crippen molar-refractivity contribution in [1.82, 2.24) is 9.97 Å². The lowest BCUT2D eigenvalue weighted by atomic mass is 9.70. The number of rotatable bonds is 2. The SMILES string of the molecule is COC1(c2nc(=S)c3c([nH]2)CCCC3)CCC(C)(C)CC1. The van der Waals surface area contributed by atoms with Gasteiger partial charge in [0.15, 0.2) is 0 Å². The Bertz CT molecular complexity index is 581. The largest absolute Gasteiger partial charge is 0.370 e. The van der Waals surface area contributed by atoms with Crippen molar-refractivity contribution in [2.45, 2.75) is 70.8 Å². The summed E-state index contributed by atoms with van der Waals surface area (Å²) in [5, 5.41) is 0. The molecule has 21 heavy (non-hydrogen) atoms. The van der Waals surface area contributed by atoms with Crippen LogP contribution >= 0.6 is 12.2 Å². The first-order valence-electron chi connectivity index (χ1n) is 8.14. The van der Waals surface area contributed by atoms with Gasteiger partial charge in [-0.2, -0.15) is 0 Å². The van der Waals surface area contributed by atoms with Gasteiger partial charge in [0.05, 0.1) is 0 Å². The van der Waals surface area contributed by atoms with Crippen LogP contribution in [0, 0.1) is 10.1 Å². The Balaban J connectivity index is 1.98. The molecule has 0 amide bonds. The van der Waals surface area contributed by atoms with Crippen molar-refractivity contribution >= 4 is 12.2 Å². The normalized spacial score (nSPS) is 23.6. The lowest BCUT2D eigenvalue weighted by molar-refractivity contribution is -0.0731. The molecular formula is C17H26N2OS. The topological polar surface area (TPSA) is 37.9 Å². The predicted octanol–water partition coefficient (Wildman–Crippen LogP) is 4.46. The van der Waals surface area contributed by atoms with E-state index in [0.717, 1.165) is 36.1 Å². The van der Waals surface area contributed by atoms with Gasteiger partial charge in [-0.25, -0.2) is 4.98 Å². The van der Waals surface area contributed by atoms with Gasteiger partial charge in [-0.05, 0) is 56.8 Å². The van der Waals surface area contributed by atoms with Crippen LogP contribution in [0.5, 0.6) is 0 Å². The molecule has 0 spiro atoms. The number of methoxy groups -OCH3 is 1. The minimum atomic E-state index is -0.268. The standard InChI is InChI=1S/C17H26N2OS/c1-16(2)8-10-17(20-3,11-9-16)15-18-13-7-5-4-6-12(13)14(21)19-15/h4-11H2,1-3H3,(H,18,19,21). The molecule has 1 N–H and O–H groups in total. The van der Waals surface area contributed by atoms with Crippen LogP contribution in [-0.4, -0.2) is 17.1 Å². The van der Waals surface area contributed by atoms with Crippen LogP contribution < -0.4 is 0 Å². The number of aryl methyl sites for hydroxylation is 1. The fraction of sp³-hybridized carbons (Fsp3) is 0.765. The van der Waals surface area contributed by atoms with E-state index in [-0.39, 0.29) is 5.60 Å². The zero-order chi connectivity index (χ0) is 15.1. The quantitative estimate of drug-likeness (QED) is 0.820. The molecule has 0 radical (unpaired) electrons. The van der Waals surface area contributed by atoms with Crippen LogP contribution in [0.3, 0.4) is 0 Å². The van der Waals surface area contributed by atoms with Crippen LogP contribution in [0.1, 0.15) is 69.5 Å². The molecule has 1 heterocycles. The molecular weight excluding hydrogens is 280 g/mol. The van der Waals surface area contributed by atoms with Gasteiger partial charge in [0.25, 0.3) is 0 Å². The Labute approximate surface area is 132 Å². The second-order valence-electron chi connectivity index (χ2n) is 7.42. The molecule has 3 nitrogen and oxygen atoms in total. The maximum absolute atomic E-state index is 5.96. The van der Waals surface area contributed by atoms with Crippen molar-refractivity contribution in [2.24, 2.45) is 5.41 Å². The van der Waals surface area contributed by atoms with Gasteiger partial charge < -0.3 is 9.72 Å². The van der Waals surface area contributed by atoms with Crippen molar-refractivity contribution in [1.29, 1.82) is 0 Å². The molecule has 2 aliphatic rings. The molecule has 4 heteroatoms. The van der Waals surface area contributed by atoms with Gasteiger partial charge in [-0.1, -0.05) is 26.1 Å². The predicted molar refractivity (Wildman–Crippen MR) is 87.0 cm³/mol. The zero-order valence-corrected chi connectivity index (χ0v) is 14.2. The van der Waals surface area contributed by atoms with E-state index in [0.29, 0.717) is 5.41 Å². The lowest BCUT2D eigenvalue weighted by Crippen LogP contribution is -2.38. The van der Waals surface area contributed by atoms with Gasteiger partial charge in [0.1, 0.15) is 16.1 Å². The molecule has 1 fully saturated rings. The van der Waals surface area contributed by atoms with Crippen LogP contribution in [0.2, 0.25) is 0 Å². The molecule has 0 bridgehead atoms. The van der Waals surface area contributed by atoms with E-state index >= 15 is 0 Å². The third-order valence-corrected chi connectivity index (χ3v) is 5.78. The fourth-order valence-corrected chi connectivity index (χ4v) is 4.02. The Morgan fingerprint density at radius 2 is 1.76 bits per heavy atom. The van der Waals surface area contributed by atoms with Crippen molar-refractivity contribution < 1.29 is 4.74 Å². The monoisotopic (exact) mass is 306 g/mol. The van der Waals surface area contributed by atoms with Crippen LogP contribution in [0.15, 0.2) is 0 Å². The minimum Gasteiger partial charge on any atom is -0.370 e. The van der Waals surface area contributed by atoms with Crippen molar-refractivity contribution in [3.05, 3.63) is 21.7 Å². The number of hydrogen-bond acceptors (Lipinski definition) is 3. The molecule has 0 aromatic carbocycles. The first kappa shape index (κ1) is 15.2. The molecule has 1 saturated carbocycles. The number of ether oxygens (including phenoxy) is 1. The second-order valence-corrected chi connectivity index (χ2v) is 7.80. The Morgan fingerprint density at radius 3 is 2.43 bits per heavy atom. The summed E-state index contributed by atoms with van der Waals surface area (Å²) in [6.45, 7) is 4.68. The van der Waals surface area contributed by atoms with Crippen LogP contribution in [-0.2, 0) is 23.2 Å². The molecule has 116 valence electrons. The minimum absolute atomic E-state index is 0.268. The van der Waals surface area contributed by atoms with E-state index in [1.54, 1.807) is 0 Å². The number of aromatic nitrogens is 2. The van der Waals surface area contributed by atoms with E-state index in [9.17, 15) is 0 Å². The summed E-state index contributed by atoms with van der Waals surface area (Å²) in [6, 6.07) is 0. The number of fused-ring (bicyclic) bond motifs is 1. The molecule has 1 aromatic rings. The third kappa shape index (κ3) is 2.80. The van der Waals surface area contributed by atoms with Crippen molar-refractivity contribution in [3.8, 4) is 0 Å². The maximum atomic E-state index is 5.96. The Morgan fingerprint density at radius 1 is 1.10 bits per heavy atom. The summed E-state index contributed by atoms with van der Waals surface area (Å²) in [5.74, 6) is 0.964. The number of H-pyrrole nitrogens is 1. The van der Waals surface area contributed by atoms with E-state index < -0.39 is 0 Å². The number of nitrogens with one attached hydrogen (secondary N) is 1. The first-order valence-corrected chi connectivity index (χ1v) is 8.54. The third-order valence-electron chi connectivity index (χ3n) is 5.44. The van der Waals surface area contributed by atoms with Gasteiger partial charge in [0.2, 0.25) is 0 Å². The number of hydrogen-bond donors (Lipinski definition) is 1. The summed E-state index contributed by atoms with van der Waals surface area (Å²) in [6.07, 6.45) is 9.02. The molecule has 1 aromatic heterocycles. The number of aromatic amines is 1. The van der Waals surface area contributed by atoms with Gasteiger partial charge in [-0.15, -0.1) is 0 Å². The van der Waals surface area contributed by atoms with Crippen molar-refractivity contribution in [2.75, 3.05) is 7.11 Å². The Hall–Kier alpha value is -0.740. The molecule has 0 aliphatic heterocycles. The number of nitrogens with zero attached hydrogens (tertiary/aromatic N) is 1. The summed E-state index contributed by atoms with van der Waals surface area (Å²) >= 11 is 5.55. The second kappa shape index (κ2) is 5.47. The zero-order valence-electron chi connectivity index (χ0n) is 13.4. The average Bonchev–Trinajstić information content (AvgIpc) is 2.48. The summed E-state index contributed by atoms with van der Waals surface area (Å²) < 4.78 is 6.76. The van der Waals surface area contributed by atoms with Crippen LogP contribution in [0.25, 0.3) is 0 Å². The van der Waals surface area contributed by atoms with E-state index in [1.165, 1.54) is 36.9 Å².